The van der Waals surface area contributed by atoms with E-state index in [2.05, 4.69) is 25.7 Å². The van der Waals surface area contributed by atoms with Crippen molar-refractivity contribution in [2.45, 2.75) is 25.3 Å². The quantitative estimate of drug-likeness (QED) is 0.749. The molecule has 2 aromatic heterocycles. The summed E-state index contributed by atoms with van der Waals surface area (Å²) < 4.78 is 13.6. The third-order valence-electron chi connectivity index (χ3n) is 4.85. The number of rotatable bonds is 3. The Kier molecular flexibility index (Phi) is 4.27. The first kappa shape index (κ1) is 16.5. The normalized spacial score (nSPS) is 15.5. The van der Waals surface area contributed by atoms with Gasteiger partial charge < -0.3 is 15.2 Å². The van der Waals surface area contributed by atoms with Gasteiger partial charge in [0.05, 0.1) is 13.6 Å². The molecule has 3 aromatic rings. The predicted octanol–water partition coefficient (Wildman–Crippen LogP) is 1.92. The number of aromatic amines is 1. The molecule has 0 atom stereocenters. The molecule has 0 unspecified atom stereocenters. The second kappa shape index (κ2) is 6.74. The molecule has 0 bridgehead atoms. The number of nitrogens with zero attached hydrogens (tertiary/aromatic N) is 5. The number of tetrazole rings is 1. The molecule has 0 aliphatic carbocycles. The summed E-state index contributed by atoms with van der Waals surface area (Å²) in [4.78, 5) is 18.7. The van der Waals surface area contributed by atoms with Crippen LogP contribution in [-0.2, 0) is 13.6 Å². The first-order valence-electron chi connectivity index (χ1n) is 8.62. The fourth-order valence-corrected chi connectivity index (χ4v) is 3.51. The van der Waals surface area contributed by atoms with E-state index in [-0.39, 0.29) is 18.4 Å². The van der Waals surface area contributed by atoms with E-state index >= 15 is 0 Å². The molecule has 2 amide bonds. The molecule has 0 saturated carbocycles. The van der Waals surface area contributed by atoms with Crippen molar-refractivity contribution in [1.82, 2.24) is 35.4 Å². The van der Waals surface area contributed by atoms with Crippen LogP contribution in [0, 0.1) is 5.82 Å². The predicted molar refractivity (Wildman–Crippen MR) is 92.8 cm³/mol. The van der Waals surface area contributed by atoms with E-state index in [4.69, 9.17) is 0 Å². The van der Waals surface area contributed by atoms with Crippen LogP contribution in [0.3, 0.4) is 0 Å². The number of benzene rings is 1. The number of carbonyl (C=O) groups excluding carboxylic acids is 1. The van der Waals surface area contributed by atoms with Crippen molar-refractivity contribution < 1.29 is 9.18 Å². The second-order valence-electron chi connectivity index (χ2n) is 6.55. The lowest BCUT2D eigenvalue weighted by molar-refractivity contribution is 0.181. The Labute approximate surface area is 149 Å². The number of amides is 2. The van der Waals surface area contributed by atoms with Gasteiger partial charge in [-0.05, 0) is 47.7 Å². The number of hydrogen-bond acceptors (Lipinski definition) is 4. The van der Waals surface area contributed by atoms with Crippen molar-refractivity contribution in [3.8, 4) is 0 Å². The minimum Gasteiger partial charge on any atom is -0.361 e. The Balaban J connectivity index is 1.36. The molecule has 1 aliphatic rings. The van der Waals surface area contributed by atoms with Crippen LogP contribution < -0.4 is 5.32 Å². The zero-order valence-corrected chi connectivity index (χ0v) is 14.4. The number of piperidine rings is 1. The molecule has 3 heterocycles. The van der Waals surface area contributed by atoms with Gasteiger partial charge in [-0.2, -0.15) is 4.80 Å². The molecule has 136 valence electrons. The Hall–Kier alpha value is -2.97. The van der Waals surface area contributed by atoms with Crippen molar-refractivity contribution in [2.75, 3.05) is 13.1 Å². The van der Waals surface area contributed by atoms with Crippen molar-refractivity contribution >= 4 is 16.9 Å². The summed E-state index contributed by atoms with van der Waals surface area (Å²) in [7, 11) is 1.68. The maximum absolute atomic E-state index is 13.6. The number of aromatic nitrogens is 5. The molecule has 8 nitrogen and oxygen atoms in total. The van der Waals surface area contributed by atoms with Gasteiger partial charge in [-0.25, -0.2) is 9.18 Å². The SMILES string of the molecule is Cn1nnc(CNC(=O)N2CCC(c3c[nH]c4ccc(F)cc34)CC2)n1. The summed E-state index contributed by atoms with van der Waals surface area (Å²) in [5.74, 6) is 0.570. The maximum atomic E-state index is 13.6. The lowest BCUT2D eigenvalue weighted by atomic mass is 9.89. The minimum absolute atomic E-state index is 0.124. The Morgan fingerprint density at radius 2 is 2.19 bits per heavy atom. The molecule has 0 radical (unpaired) electrons. The average molecular weight is 357 g/mol. The smallest absolute Gasteiger partial charge is 0.317 e. The van der Waals surface area contributed by atoms with Crippen LogP contribution in [0.4, 0.5) is 9.18 Å². The van der Waals surface area contributed by atoms with Gasteiger partial charge in [-0.3, -0.25) is 0 Å². The van der Waals surface area contributed by atoms with Crippen LogP contribution in [0.2, 0.25) is 0 Å². The van der Waals surface area contributed by atoms with Crippen molar-refractivity contribution in [3.63, 3.8) is 0 Å². The van der Waals surface area contributed by atoms with Crippen molar-refractivity contribution in [2.24, 2.45) is 7.05 Å². The van der Waals surface area contributed by atoms with Gasteiger partial charge in [0, 0.05) is 30.2 Å². The summed E-state index contributed by atoms with van der Waals surface area (Å²) in [6, 6.07) is 4.67. The van der Waals surface area contributed by atoms with Crippen LogP contribution in [0.15, 0.2) is 24.4 Å². The van der Waals surface area contributed by atoms with Gasteiger partial charge in [-0.1, -0.05) is 0 Å². The number of aryl methyl sites for hydroxylation is 1. The third kappa shape index (κ3) is 3.24. The lowest BCUT2D eigenvalue weighted by Gasteiger charge is -2.31. The van der Waals surface area contributed by atoms with E-state index in [1.165, 1.54) is 10.9 Å². The highest BCUT2D eigenvalue weighted by Gasteiger charge is 2.25. The first-order valence-corrected chi connectivity index (χ1v) is 8.62. The molecule has 1 fully saturated rings. The Morgan fingerprint density at radius 1 is 1.38 bits per heavy atom. The zero-order valence-electron chi connectivity index (χ0n) is 14.4. The molecule has 1 aliphatic heterocycles. The number of hydrogen-bond donors (Lipinski definition) is 2. The molecule has 9 heteroatoms. The molecule has 2 N–H and O–H groups in total. The lowest BCUT2D eigenvalue weighted by Crippen LogP contribution is -2.43. The van der Waals surface area contributed by atoms with Crippen LogP contribution in [-0.4, -0.2) is 49.2 Å². The van der Waals surface area contributed by atoms with E-state index in [9.17, 15) is 9.18 Å². The zero-order chi connectivity index (χ0) is 18.1. The largest absolute Gasteiger partial charge is 0.361 e. The van der Waals surface area contributed by atoms with Crippen LogP contribution in [0.1, 0.15) is 30.1 Å². The molecule has 1 saturated heterocycles. The van der Waals surface area contributed by atoms with Gasteiger partial charge in [0.15, 0.2) is 5.82 Å². The van der Waals surface area contributed by atoms with E-state index in [0.717, 1.165) is 29.3 Å². The molecule has 1 aromatic carbocycles. The number of likely N-dealkylation sites (tertiary alicyclic amines) is 1. The molecule has 0 spiro atoms. The molecular weight excluding hydrogens is 337 g/mol. The number of H-pyrrole nitrogens is 1. The fourth-order valence-electron chi connectivity index (χ4n) is 3.51. The standard InChI is InChI=1S/C17H20FN7O/c1-24-22-16(21-23-24)10-20-17(26)25-6-4-11(5-7-25)14-9-19-15-3-2-12(18)8-13(14)15/h2-3,8-9,11,19H,4-7,10H2,1H3,(H,20,26). The van der Waals surface area contributed by atoms with Crippen molar-refractivity contribution in [1.29, 1.82) is 0 Å². The van der Waals surface area contributed by atoms with Crippen LogP contribution in [0.5, 0.6) is 0 Å². The molecule has 26 heavy (non-hydrogen) atoms. The Bertz CT molecular complexity index is 926. The van der Waals surface area contributed by atoms with Gasteiger partial charge in [-0.15, -0.1) is 10.2 Å². The highest BCUT2D eigenvalue weighted by molar-refractivity contribution is 5.83. The van der Waals surface area contributed by atoms with Gasteiger partial charge >= 0.3 is 6.03 Å². The molecule has 4 rings (SSSR count). The van der Waals surface area contributed by atoms with Gasteiger partial charge in [0.25, 0.3) is 0 Å². The second-order valence-corrected chi connectivity index (χ2v) is 6.55. The minimum atomic E-state index is -0.229. The highest BCUT2D eigenvalue weighted by Crippen LogP contribution is 2.33. The number of halogens is 1. The maximum Gasteiger partial charge on any atom is 0.317 e. The van der Waals surface area contributed by atoms with Crippen LogP contribution >= 0.6 is 0 Å². The van der Waals surface area contributed by atoms with Gasteiger partial charge in [0.1, 0.15) is 5.82 Å². The van der Waals surface area contributed by atoms with E-state index in [1.54, 1.807) is 24.1 Å². The third-order valence-corrected chi connectivity index (χ3v) is 4.85. The van der Waals surface area contributed by atoms with Crippen molar-refractivity contribution in [3.05, 3.63) is 41.6 Å². The summed E-state index contributed by atoms with van der Waals surface area (Å²) in [6.45, 7) is 1.58. The topological polar surface area (TPSA) is 91.7 Å². The average Bonchev–Trinajstić information content (AvgIpc) is 3.25. The summed E-state index contributed by atoms with van der Waals surface area (Å²) in [6.07, 6.45) is 3.66. The summed E-state index contributed by atoms with van der Waals surface area (Å²) >= 11 is 0. The number of carbonyl (C=O) groups is 1. The highest BCUT2D eigenvalue weighted by atomic mass is 19.1. The van der Waals surface area contributed by atoms with Gasteiger partial charge in [0.2, 0.25) is 0 Å². The monoisotopic (exact) mass is 357 g/mol. The van der Waals surface area contributed by atoms with Crippen LogP contribution in [0.25, 0.3) is 10.9 Å². The summed E-state index contributed by atoms with van der Waals surface area (Å²) in [5.41, 5.74) is 2.07. The van der Waals surface area contributed by atoms with E-state index < -0.39 is 0 Å². The number of fused-ring (bicyclic) bond motifs is 1. The summed E-state index contributed by atoms with van der Waals surface area (Å²) in [5, 5.41) is 15.4. The number of urea groups is 1. The van der Waals surface area contributed by atoms with E-state index in [0.29, 0.717) is 24.8 Å². The fraction of sp³-hybridized carbons (Fsp3) is 0.412. The number of nitrogens with one attached hydrogen (secondary N) is 2. The molecular formula is C17H20FN7O. The first-order chi connectivity index (χ1) is 12.6. The van der Waals surface area contributed by atoms with E-state index in [1.807, 2.05) is 6.20 Å². The Morgan fingerprint density at radius 3 is 2.92 bits per heavy atom.